The third-order valence-electron chi connectivity index (χ3n) is 3.82. The summed E-state index contributed by atoms with van der Waals surface area (Å²) >= 11 is 0. The molecule has 4 nitrogen and oxygen atoms in total. The maximum absolute atomic E-state index is 11.9. The van der Waals surface area contributed by atoms with Crippen LogP contribution in [0.25, 0.3) is 0 Å². The van der Waals surface area contributed by atoms with E-state index in [4.69, 9.17) is 4.74 Å². The lowest BCUT2D eigenvalue weighted by Crippen LogP contribution is -2.56. The molecule has 1 aliphatic heterocycles. The van der Waals surface area contributed by atoms with Crippen LogP contribution in [-0.4, -0.2) is 56.2 Å². The molecule has 0 bridgehead atoms. The van der Waals surface area contributed by atoms with Crippen LogP contribution >= 0.6 is 0 Å². The number of rotatable bonds is 1. The van der Waals surface area contributed by atoms with Crippen molar-refractivity contribution in [3.8, 4) is 0 Å². The van der Waals surface area contributed by atoms with Gasteiger partial charge in [-0.15, -0.1) is 0 Å². The monoisotopic (exact) mass is 291 g/mol. The Labute approximate surface area is 118 Å². The summed E-state index contributed by atoms with van der Waals surface area (Å²) in [6.07, 6.45) is 1.30. The minimum absolute atomic E-state index is 0.0552. The van der Waals surface area contributed by atoms with Gasteiger partial charge < -0.3 is 4.74 Å². The van der Waals surface area contributed by atoms with Gasteiger partial charge in [-0.3, -0.25) is 4.90 Å². The van der Waals surface area contributed by atoms with Gasteiger partial charge in [-0.2, -0.15) is 0 Å². The highest BCUT2D eigenvalue weighted by Crippen LogP contribution is 2.32. The molecule has 19 heavy (non-hydrogen) atoms. The van der Waals surface area contributed by atoms with Crippen molar-refractivity contribution in [2.45, 2.75) is 58.4 Å². The summed E-state index contributed by atoms with van der Waals surface area (Å²) in [7, 11) is -3.08. The topological polar surface area (TPSA) is 46.6 Å². The number of nitrogens with zero attached hydrogens (tertiary/aromatic N) is 1. The van der Waals surface area contributed by atoms with Crippen LogP contribution in [0.3, 0.4) is 0 Å². The molecule has 0 saturated carbocycles. The summed E-state index contributed by atoms with van der Waals surface area (Å²) in [6.45, 7) is 14.4. The molecule has 0 aromatic rings. The van der Waals surface area contributed by atoms with Gasteiger partial charge in [0.1, 0.15) is 0 Å². The second-order valence-electron chi connectivity index (χ2n) is 7.69. The van der Waals surface area contributed by atoms with Gasteiger partial charge in [0.2, 0.25) is 0 Å². The van der Waals surface area contributed by atoms with Crippen molar-refractivity contribution in [1.82, 2.24) is 4.90 Å². The van der Waals surface area contributed by atoms with Gasteiger partial charge in [-0.25, -0.2) is 8.42 Å². The maximum atomic E-state index is 11.9. The van der Waals surface area contributed by atoms with E-state index in [1.54, 1.807) is 0 Å². The Morgan fingerprint density at radius 2 is 1.58 bits per heavy atom. The predicted molar refractivity (Wildman–Crippen MR) is 79.2 cm³/mol. The van der Waals surface area contributed by atoms with E-state index < -0.39 is 15.1 Å². The van der Waals surface area contributed by atoms with Crippen LogP contribution < -0.4 is 0 Å². The van der Waals surface area contributed by atoms with Crippen LogP contribution in [-0.2, 0) is 14.6 Å². The zero-order valence-corrected chi connectivity index (χ0v) is 14.2. The summed E-state index contributed by atoms with van der Waals surface area (Å²) in [5.74, 6) is 0. The zero-order valence-electron chi connectivity index (χ0n) is 13.4. The van der Waals surface area contributed by atoms with E-state index in [1.165, 1.54) is 6.26 Å². The van der Waals surface area contributed by atoms with E-state index >= 15 is 0 Å². The molecule has 0 aromatic heterocycles. The molecule has 2 unspecified atom stereocenters. The maximum Gasteiger partial charge on any atom is 0.153 e. The van der Waals surface area contributed by atoms with Gasteiger partial charge in [0.15, 0.2) is 9.84 Å². The third kappa shape index (κ3) is 4.43. The molecule has 2 atom stereocenters. The highest BCUT2D eigenvalue weighted by molar-refractivity contribution is 7.91. The third-order valence-corrected chi connectivity index (χ3v) is 5.32. The Balaban J connectivity index is 3.11. The van der Waals surface area contributed by atoms with E-state index in [0.717, 1.165) is 0 Å². The molecule has 114 valence electrons. The first-order valence-corrected chi connectivity index (χ1v) is 8.82. The molecular weight excluding hydrogens is 262 g/mol. The summed E-state index contributed by atoms with van der Waals surface area (Å²) in [4.78, 5) is 2.30. The SMILES string of the molecule is CC(C)(C)C1COCC(S(C)(=O)=O)CN1C(C)(C)C. The van der Waals surface area contributed by atoms with Crippen LogP contribution in [0.15, 0.2) is 0 Å². The van der Waals surface area contributed by atoms with Crippen LogP contribution in [0.5, 0.6) is 0 Å². The molecule has 0 spiro atoms. The second kappa shape index (κ2) is 5.34. The van der Waals surface area contributed by atoms with Crippen molar-refractivity contribution in [3.63, 3.8) is 0 Å². The fraction of sp³-hybridized carbons (Fsp3) is 1.00. The minimum atomic E-state index is -3.08. The van der Waals surface area contributed by atoms with Crippen molar-refractivity contribution in [2.24, 2.45) is 5.41 Å². The number of ether oxygens (including phenoxy) is 1. The Bertz CT molecular complexity index is 403. The Kier molecular flexibility index (Phi) is 4.75. The Morgan fingerprint density at radius 3 is 1.95 bits per heavy atom. The molecule has 0 aliphatic carbocycles. The van der Waals surface area contributed by atoms with E-state index in [9.17, 15) is 8.42 Å². The molecule has 1 fully saturated rings. The Morgan fingerprint density at radius 1 is 1.05 bits per heavy atom. The zero-order chi connectivity index (χ0) is 15.1. The van der Waals surface area contributed by atoms with Crippen molar-refractivity contribution in [3.05, 3.63) is 0 Å². The van der Waals surface area contributed by atoms with Crippen molar-refractivity contribution in [2.75, 3.05) is 26.0 Å². The highest BCUT2D eigenvalue weighted by atomic mass is 32.2. The van der Waals surface area contributed by atoms with E-state index in [0.29, 0.717) is 19.8 Å². The van der Waals surface area contributed by atoms with E-state index in [1.807, 2.05) is 0 Å². The molecule has 0 N–H and O–H groups in total. The average Bonchev–Trinajstić information content (AvgIpc) is 2.35. The molecule has 0 radical (unpaired) electrons. The first-order chi connectivity index (χ1) is 8.33. The van der Waals surface area contributed by atoms with E-state index in [2.05, 4.69) is 46.4 Å². The van der Waals surface area contributed by atoms with Crippen LogP contribution in [0.2, 0.25) is 0 Å². The Hall–Kier alpha value is -0.130. The average molecular weight is 291 g/mol. The molecule has 1 saturated heterocycles. The van der Waals surface area contributed by atoms with Crippen molar-refractivity contribution in [1.29, 1.82) is 0 Å². The molecule has 1 aliphatic rings. The van der Waals surface area contributed by atoms with Crippen LogP contribution in [0.1, 0.15) is 41.5 Å². The molecule has 1 rings (SSSR count). The number of sulfone groups is 1. The van der Waals surface area contributed by atoms with Gasteiger partial charge in [-0.05, 0) is 26.2 Å². The predicted octanol–water partition coefficient (Wildman–Crippen LogP) is 1.94. The van der Waals surface area contributed by atoms with Crippen molar-refractivity contribution >= 4 is 9.84 Å². The minimum Gasteiger partial charge on any atom is -0.378 e. The summed E-state index contributed by atoms with van der Waals surface area (Å²) < 4.78 is 29.4. The van der Waals surface area contributed by atoms with Gasteiger partial charge >= 0.3 is 0 Å². The standard InChI is InChI=1S/C14H29NO3S/c1-13(2,3)12-10-18-9-11(19(7,16)17)8-15(12)14(4,5)6/h11-12H,8-10H2,1-7H3. The first-order valence-electron chi connectivity index (χ1n) is 6.87. The van der Waals surface area contributed by atoms with Crippen LogP contribution in [0.4, 0.5) is 0 Å². The molecular formula is C14H29NO3S. The fourth-order valence-electron chi connectivity index (χ4n) is 2.52. The van der Waals surface area contributed by atoms with Gasteiger partial charge in [-0.1, -0.05) is 20.8 Å². The van der Waals surface area contributed by atoms with Gasteiger partial charge in [0, 0.05) is 24.4 Å². The first kappa shape index (κ1) is 16.9. The second-order valence-corrected chi connectivity index (χ2v) is 10.0. The van der Waals surface area contributed by atoms with E-state index in [-0.39, 0.29) is 17.0 Å². The summed E-state index contributed by atoms with van der Waals surface area (Å²) in [5.41, 5.74) is -0.0196. The van der Waals surface area contributed by atoms with Crippen LogP contribution in [0, 0.1) is 5.41 Å². The molecule has 0 aromatic carbocycles. The number of hydrogen-bond acceptors (Lipinski definition) is 4. The molecule has 5 heteroatoms. The fourth-order valence-corrected chi connectivity index (χ4v) is 3.29. The smallest absolute Gasteiger partial charge is 0.153 e. The lowest BCUT2D eigenvalue weighted by molar-refractivity contribution is -0.00352. The van der Waals surface area contributed by atoms with Gasteiger partial charge in [0.05, 0.1) is 18.5 Å². The molecule has 0 amide bonds. The van der Waals surface area contributed by atoms with Crippen molar-refractivity contribution < 1.29 is 13.2 Å². The largest absolute Gasteiger partial charge is 0.378 e. The normalized spacial score (nSPS) is 28.2. The summed E-state index contributed by atoms with van der Waals surface area (Å²) in [6, 6.07) is 0.222. The lowest BCUT2D eigenvalue weighted by atomic mass is 9.84. The number of hydrogen-bond donors (Lipinski definition) is 0. The summed E-state index contributed by atoms with van der Waals surface area (Å²) in [5, 5.41) is -0.431. The van der Waals surface area contributed by atoms with Gasteiger partial charge in [0.25, 0.3) is 0 Å². The lowest BCUT2D eigenvalue weighted by Gasteiger charge is -2.46. The quantitative estimate of drug-likeness (QED) is 0.741. The highest BCUT2D eigenvalue weighted by Gasteiger charge is 2.41. The molecule has 1 heterocycles.